The minimum atomic E-state index is 0. The molecule has 0 amide bonds. The van der Waals surface area contributed by atoms with Crippen LogP contribution in [0.3, 0.4) is 0 Å². The van der Waals surface area contributed by atoms with E-state index in [4.69, 9.17) is 20.2 Å². The summed E-state index contributed by atoms with van der Waals surface area (Å²) in [5, 5.41) is 0. The van der Waals surface area contributed by atoms with Crippen molar-refractivity contribution in [3.05, 3.63) is 0 Å². The molecule has 30 valence electrons. The molecule has 0 spiro atoms. The summed E-state index contributed by atoms with van der Waals surface area (Å²) in [6, 6.07) is 0. The number of rotatable bonds is 0. The zero-order chi connectivity index (χ0) is 2.71. The number of hydrogen-bond acceptors (Lipinski definition) is 0. The van der Waals surface area contributed by atoms with E-state index < -0.39 is 0 Å². The van der Waals surface area contributed by atoms with Crippen molar-refractivity contribution in [2.75, 3.05) is 0 Å². The van der Waals surface area contributed by atoms with Crippen LogP contribution >= 0.6 is 20.2 Å². The normalized spacial score (nSPS) is 5.50. The molecule has 0 aliphatic heterocycles. The summed E-state index contributed by atoms with van der Waals surface area (Å²) in [5.74, 6) is 0. The fraction of sp³-hybridized carbons (Fsp3) is 0. The Hall–Kier alpha value is 1.62. The van der Waals surface area contributed by atoms with E-state index in [1.54, 1.807) is 0 Å². The van der Waals surface area contributed by atoms with E-state index in [-0.39, 0.29) is 30.2 Å². The summed E-state index contributed by atoms with van der Waals surface area (Å²) in [5.41, 5.74) is 0. The Morgan fingerprint density at radius 1 is 1.25 bits per heavy atom. The molecule has 0 aromatic carbocycles. The number of halogens is 2. The van der Waals surface area contributed by atoms with Crippen LogP contribution in [0.5, 0.6) is 0 Å². The van der Waals surface area contributed by atoms with Gasteiger partial charge in [0.2, 0.25) is 0 Å². The smallest absolute Gasteiger partial charge is 0 e. The van der Waals surface area contributed by atoms with E-state index in [1.807, 2.05) is 0 Å². The topological polar surface area (TPSA) is 0 Å². The zero-order valence-corrected chi connectivity index (χ0v) is 5.18. The van der Waals surface area contributed by atoms with E-state index in [1.165, 1.54) is 0 Å². The molecule has 0 saturated carbocycles. The SMILES string of the molecule is [Cl][Fe][Cl].[Fe]. The van der Waals surface area contributed by atoms with Gasteiger partial charge < -0.3 is 0 Å². The van der Waals surface area contributed by atoms with E-state index in [0.717, 1.165) is 0 Å². The van der Waals surface area contributed by atoms with Crippen molar-refractivity contribution in [2.45, 2.75) is 0 Å². The first-order chi connectivity index (χ1) is 1.41. The molecular weight excluding hydrogens is 183 g/mol. The predicted molar refractivity (Wildman–Crippen MR) is 11.7 cm³/mol. The Bertz CT molecular complexity index is 4.00. The first kappa shape index (κ1) is 9.15. The average molecular weight is 183 g/mol. The van der Waals surface area contributed by atoms with Crippen LogP contribution in [-0.4, -0.2) is 0 Å². The summed E-state index contributed by atoms with van der Waals surface area (Å²) in [6.07, 6.45) is 0. The van der Waals surface area contributed by atoms with Crippen LogP contribution in [0.4, 0.5) is 0 Å². The second kappa shape index (κ2) is 8.82. The molecule has 0 unspecified atom stereocenters. The quantitative estimate of drug-likeness (QED) is 0.497. The molecule has 0 aromatic heterocycles. The van der Waals surface area contributed by atoms with Crippen molar-refractivity contribution >= 4 is 20.2 Å². The van der Waals surface area contributed by atoms with E-state index >= 15 is 0 Å². The second-order valence-electron chi connectivity index (χ2n) is 0.0505. The molecule has 4 heteroatoms. The second-order valence-corrected chi connectivity index (χ2v) is 1.87. The Morgan fingerprint density at radius 3 is 1.25 bits per heavy atom. The van der Waals surface area contributed by atoms with Crippen LogP contribution in [0.15, 0.2) is 0 Å². The first-order valence-corrected chi connectivity index (χ1v) is 3.31. The largest absolute Gasteiger partial charge is 0 e. The predicted octanol–water partition coefficient (Wildman–Crippen LogP) is 1.37. The summed E-state index contributed by atoms with van der Waals surface area (Å²) < 4.78 is 0. The third-order valence-corrected chi connectivity index (χ3v) is 0. The maximum Gasteiger partial charge on any atom is 0 e. The third-order valence-electron chi connectivity index (χ3n) is 0. The van der Waals surface area contributed by atoms with Crippen LogP contribution in [0.2, 0.25) is 0 Å². The van der Waals surface area contributed by atoms with E-state index in [9.17, 15) is 0 Å². The fourth-order valence-electron chi connectivity index (χ4n) is 0. The van der Waals surface area contributed by atoms with Gasteiger partial charge >= 0.3 is 33.3 Å². The molecule has 0 rings (SSSR count). The molecule has 0 aromatic rings. The van der Waals surface area contributed by atoms with Crippen molar-refractivity contribution in [3.63, 3.8) is 0 Å². The van der Waals surface area contributed by atoms with Gasteiger partial charge in [0.1, 0.15) is 0 Å². The molecule has 0 nitrogen and oxygen atoms in total. The van der Waals surface area contributed by atoms with Crippen LogP contribution < -0.4 is 0 Å². The Balaban J connectivity index is 0. The molecule has 0 heterocycles. The molecule has 0 fully saturated rings. The van der Waals surface area contributed by atoms with Crippen LogP contribution in [0, 0.1) is 0 Å². The minimum absolute atomic E-state index is 0. The molecule has 0 atom stereocenters. The van der Waals surface area contributed by atoms with Crippen molar-refractivity contribution in [1.29, 1.82) is 0 Å². The standard InChI is InChI=1S/2ClH.2Fe/h2*1H;;/q;;;+2/p-2. The third kappa shape index (κ3) is 9.47. The molecule has 0 saturated heterocycles. The van der Waals surface area contributed by atoms with E-state index in [0.29, 0.717) is 0 Å². The minimum Gasteiger partial charge on any atom is 0 e. The van der Waals surface area contributed by atoms with Gasteiger partial charge in [-0.15, -0.1) is 0 Å². The molecule has 4 heavy (non-hydrogen) atoms. The van der Waals surface area contributed by atoms with Crippen molar-refractivity contribution < 1.29 is 30.2 Å². The molecule has 0 aliphatic rings. The summed E-state index contributed by atoms with van der Waals surface area (Å²) >= 11 is 0.194. The van der Waals surface area contributed by atoms with Crippen molar-refractivity contribution in [1.82, 2.24) is 0 Å². The molecule has 0 N–H and O–H groups in total. The van der Waals surface area contributed by atoms with Crippen LogP contribution in [-0.2, 0) is 30.2 Å². The van der Waals surface area contributed by atoms with Crippen LogP contribution in [0.1, 0.15) is 0 Å². The Labute approximate surface area is 50.3 Å². The number of hydrogen-bond donors (Lipinski definition) is 0. The van der Waals surface area contributed by atoms with Crippen LogP contribution in [0.25, 0.3) is 0 Å². The Kier molecular flexibility index (Phi) is 20.2. The Morgan fingerprint density at radius 2 is 1.25 bits per heavy atom. The maximum absolute atomic E-state index is 4.76. The molecular formula is Cl2Fe2. The fourth-order valence-corrected chi connectivity index (χ4v) is 0. The van der Waals surface area contributed by atoms with Gasteiger partial charge in [-0.2, -0.15) is 0 Å². The molecule has 0 bridgehead atoms. The first-order valence-electron chi connectivity index (χ1n) is 0.267. The van der Waals surface area contributed by atoms with Gasteiger partial charge in [0, 0.05) is 17.1 Å². The van der Waals surface area contributed by atoms with Gasteiger partial charge in [0.05, 0.1) is 0 Å². The van der Waals surface area contributed by atoms with Gasteiger partial charge in [-0.3, -0.25) is 0 Å². The van der Waals surface area contributed by atoms with Gasteiger partial charge in [0.15, 0.2) is 0 Å². The summed E-state index contributed by atoms with van der Waals surface area (Å²) in [6.45, 7) is 0. The summed E-state index contributed by atoms with van der Waals surface area (Å²) in [7, 11) is 9.53. The molecule has 0 aliphatic carbocycles. The van der Waals surface area contributed by atoms with E-state index in [2.05, 4.69) is 0 Å². The van der Waals surface area contributed by atoms with Crippen molar-refractivity contribution in [2.24, 2.45) is 0 Å². The summed E-state index contributed by atoms with van der Waals surface area (Å²) in [4.78, 5) is 0. The van der Waals surface area contributed by atoms with Gasteiger partial charge in [-0.05, 0) is 0 Å². The maximum atomic E-state index is 4.76. The van der Waals surface area contributed by atoms with Gasteiger partial charge in [-0.25, -0.2) is 0 Å². The zero-order valence-electron chi connectivity index (χ0n) is 1.46. The van der Waals surface area contributed by atoms with Gasteiger partial charge in [0.25, 0.3) is 0 Å². The average Bonchev–Trinajstić information content (AvgIpc) is 0.918. The van der Waals surface area contributed by atoms with Crippen molar-refractivity contribution in [3.8, 4) is 0 Å². The van der Waals surface area contributed by atoms with Gasteiger partial charge in [-0.1, -0.05) is 0 Å². The molecule has 0 radical (unpaired) electrons. The monoisotopic (exact) mass is 182 g/mol.